The second-order valence-electron chi connectivity index (χ2n) is 4.23. The monoisotopic (exact) mass is 261 g/mol. The van der Waals surface area contributed by atoms with Crippen molar-refractivity contribution >= 4 is 18.5 Å². The van der Waals surface area contributed by atoms with E-state index in [1.54, 1.807) is 6.92 Å². The van der Waals surface area contributed by atoms with Crippen LogP contribution in [-0.2, 0) is 6.42 Å². The van der Waals surface area contributed by atoms with Crippen molar-refractivity contribution in [1.82, 2.24) is 0 Å². The van der Waals surface area contributed by atoms with Gasteiger partial charge in [-0.3, -0.25) is 0 Å². The van der Waals surface area contributed by atoms with Gasteiger partial charge in [-0.2, -0.15) is 10.6 Å². The van der Waals surface area contributed by atoms with E-state index in [1.165, 1.54) is 12.1 Å². The van der Waals surface area contributed by atoms with Gasteiger partial charge in [0.2, 0.25) is 0 Å². The molecular formula is C11H15F2N2OS+. The summed E-state index contributed by atoms with van der Waals surface area (Å²) in [7, 11) is 0. The maximum atomic E-state index is 13.9. The number of hydroxylamine groups is 1. The maximum Gasteiger partial charge on any atom is 0.157 e. The first kappa shape index (κ1) is 12.6. The minimum absolute atomic E-state index is 0.0131. The molecule has 6 heteroatoms. The molecular weight excluding hydrogens is 246 g/mol. The van der Waals surface area contributed by atoms with Crippen molar-refractivity contribution in [3.05, 3.63) is 29.3 Å². The van der Waals surface area contributed by atoms with Crippen LogP contribution >= 0.6 is 12.8 Å². The Labute approximate surface area is 104 Å². The Morgan fingerprint density at radius 2 is 2.12 bits per heavy atom. The molecule has 2 N–H and O–H groups in total. The van der Waals surface area contributed by atoms with Crippen molar-refractivity contribution in [2.75, 3.05) is 5.43 Å². The van der Waals surface area contributed by atoms with Gasteiger partial charge >= 0.3 is 0 Å². The Kier molecular flexibility index (Phi) is 3.29. The molecule has 0 aliphatic heterocycles. The molecule has 0 aromatic heterocycles. The fraction of sp³-hybridized carbons (Fsp3) is 0.455. The van der Waals surface area contributed by atoms with E-state index < -0.39 is 15.8 Å². The molecule has 0 radical (unpaired) electrons. The molecule has 1 aliphatic rings. The fourth-order valence-electron chi connectivity index (χ4n) is 1.71. The van der Waals surface area contributed by atoms with E-state index in [0.29, 0.717) is 0 Å². The van der Waals surface area contributed by atoms with Gasteiger partial charge in [-0.15, -0.1) is 0 Å². The first-order valence-electron chi connectivity index (χ1n) is 5.55. The van der Waals surface area contributed by atoms with Gasteiger partial charge < -0.3 is 0 Å². The average molecular weight is 261 g/mol. The number of halogens is 2. The van der Waals surface area contributed by atoms with Crippen LogP contribution in [0.3, 0.4) is 0 Å². The molecule has 0 saturated heterocycles. The Morgan fingerprint density at radius 1 is 1.47 bits per heavy atom. The number of anilines is 1. The van der Waals surface area contributed by atoms with Crippen LogP contribution in [0.2, 0.25) is 0 Å². The smallest absolute Gasteiger partial charge is 0.157 e. The molecule has 1 aromatic rings. The van der Waals surface area contributed by atoms with Crippen molar-refractivity contribution < 1.29 is 18.1 Å². The third kappa shape index (κ3) is 2.53. The zero-order valence-corrected chi connectivity index (χ0v) is 10.3. The van der Waals surface area contributed by atoms with Gasteiger partial charge in [0.1, 0.15) is 24.3 Å². The molecule has 0 spiro atoms. The van der Waals surface area contributed by atoms with Gasteiger partial charge in [0, 0.05) is 18.4 Å². The van der Waals surface area contributed by atoms with Crippen LogP contribution in [0.5, 0.6) is 0 Å². The van der Waals surface area contributed by atoms with Crippen molar-refractivity contribution in [2.24, 2.45) is 0 Å². The Morgan fingerprint density at radius 3 is 2.65 bits per heavy atom. The van der Waals surface area contributed by atoms with Crippen LogP contribution in [0.15, 0.2) is 12.1 Å². The van der Waals surface area contributed by atoms with Crippen molar-refractivity contribution in [2.45, 2.75) is 32.2 Å². The summed E-state index contributed by atoms with van der Waals surface area (Å²) in [5.41, 5.74) is 2.64. The van der Waals surface area contributed by atoms with Gasteiger partial charge in [0.15, 0.2) is 11.9 Å². The molecule has 1 aromatic carbocycles. The normalized spacial score (nSPS) is 18.9. The zero-order chi connectivity index (χ0) is 12.6. The molecule has 1 unspecified atom stereocenters. The molecule has 1 saturated carbocycles. The summed E-state index contributed by atoms with van der Waals surface area (Å²) in [5, 5.41) is 9.90. The van der Waals surface area contributed by atoms with Crippen molar-refractivity contribution in [3.63, 3.8) is 0 Å². The van der Waals surface area contributed by atoms with Gasteiger partial charge in [-0.05, 0) is 22.7 Å². The summed E-state index contributed by atoms with van der Waals surface area (Å²) in [6.45, 7) is 1.67. The molecule has 1 fully saturated rings. The molecule has 1 aliphatic carbocycles. The molecule has 0 bridgehead atoms. The van der Waals surface area contributed by atoms with Crippen LogP contribution in [0.25, 0.3) is 0 Å². The van der Waals surface area contributed by atoms with Crippen molar-refractivity contribution in [3.8, 4) is 0 Å². The highest BCUT2D eigenvalue weighted by atomic mass is 32.1. The number of nitrogens with zero attached hydrogens (tertiary/aromatic N) is 1. The minimum atomic E-state index is -0.758. The standard InChI is InChI=1S/C11H15F2N2OS/c1-2-8-9(12)5-6-10(11(8)13)14-15(16,17)7-3-4-7/h5-7,14,16-17H,2-4H2,1H3/q+1. The highest BCUT2D eigenvalue weighted by molar-refractivity contribution is 7.74. The van der Waals surface area contributed by atoms with Gasteiger partial charge in [0.05, 0.1) is 0 Å². The lowest BCUT2D eigenvalue weighted by Crippen LogP contribution is -2.42. The number of rotatable bonds is 4. The number of quaternary nitrogens is 1. The SMILES string of the molecule is CCc1c(F)ccc(N[N+](O)(S)C2CC2)c1F. The van der Waals surface area contributed by atoms with E-state index in [4.69, 9.17) is 0 Å². The summed E-state index contributed by atoms with van der Waals surface area (Å²) in [6.07, 6.45) is 1.92. The number of hydrogen-bond acceptors (Lipinski definition) is 3. The second kappa shape index (κ2) is 4.44. The van der Waals surface area contributed by atoms with E-state index in [0.717, 1.165) is 12.8 Å². The first-order valence-corrected chi connectivity index (χ1v) is 5.95. The quantitative estimate of drug-likeness (QED) is 0.442. The number of nitrogens with one attached hydrogen (secondary N) is 1. The summed E-state index contributed by atoms with van der Waals surface area (Å²) >= 11 is 4.01. The highest BCUT2D eigenvalue weighted by Gasteiger charge is 2.44. The van der Waals surface area contributed by atoms with Crippen LogP contribution in [0.4, 0.5) is 14.5 Å². The van der Waals surface area contributed by atoms with Gasteiger partial charge in [-0.1, -0.05) is 6.92 Å². The molecule has 3 nitrogen and oxygen atoms in total. The lowest BCUT2D eigenvalue weighted by Gasteiger charge is -2.23. The third-order valence-electron chi connectivity index (χ3n) is 2.88. The fourth-order valence-corrected chi connectivity index (χ4v) is 2.05. The first-order chi connectivity index (χ1) is 7.95. The van der Waals surface area contributed by atoms with E-state index in [-0.39, 0.29) is 23.7 Å². The summed E-state index contributed by atoms with van der Waals surface area (Å²) in [6, 6.07) is 2.41. The largest absolute Gasteiger partial charge is 0.207 e. The van der Waals surface area contributed by atoms with Gasteiger partial charge in [0.25, 0.3) is 0 Å². The Hall–Kier alpha value is -0.850. The second-order valence-corrected chi connectivity index (χ2v) is 4.84. The molecule has 1 atom stereocenters. The predicted molar refractivity (Wildman–Crippen MR) is 63.4 cm³/mol. The number of hydrogen-bond donors (Lipinski definition) is 3. The Balaban J connectivity index is 2.27. The topological polar surface area (TPSA) is 32.3 Å². The molecule has 17 heavy (non-hydrogen) atoms. The molecule has 0 amide bonds. The van der Waals surface area contributed by atoms with E-state index in [9.17, 15) is 14.0 Å². The number of benzene rings is 1. The summed E-state index contributed by atoms with van der Waals surface area (Å²) in [5.74, 6) is -1.24. The third-order valence-corrected chi connectivity index (χ3v) is 3.31. The zero-order valence-electron chi connectivity index (χ0n) is 9.45. The lowest BCUT2D eigenvalue weighted by atomic mass is 10.1. The number of thiol groups is 1. The average Bonchev–Trinajstić information content (AvgIpc) is 3.07. The van der Waals surface area contributed by atoms with E-state index in [1.807, 2.05) is 0 Å². The highest BCUT2D eigenvalue weighted by Crippen LogP contribution is 2.35. The summed E-state index contributed by atoms with van der Waals surface area (Å²) < 4.78 is 26.4. The molecule has 0 heterocycles. The molecule has 2 rings (SSSR count). The maximum absolute atomic E-state index is 13.9. The van der Waals surface area contributed by atoms with Crippen LogP contribution in [-0.4, -0.2) is 15.4 Å². The van der Waals surface area contributed by atoms with Crippen LogP contribution in [0, 0.1) is 11.6 Å². The van der Waals surface area contributed by atoms with Crippen LogP contribution < -0.4 is 5.43 Å². The van der Waals surface area contributed by atoms with Gasteiger partial charge in [-0.25, -0.2) is 8.78 Å². The van der Waals surface area contributed by atoms with Crippen molar-refractivity contribution in [1.29, 1.82) is 0 Å². The minimum Gasteiger partial charge on any atom is -0.207 e. The predicted octanol–water partition coefficient (Wildman–Crippen LogP) is 3.07. The Bertz CT molecular complexity index is 436. The lowest BCUT2D eigenvalue weighted by molar-refractivity contribution is -0.981. The van der Waals surface area contributed by atoms with Crippen LogP contribution in [0.1, 0.15) is 25.3 Å². The van der Waals surface area contributed by atoms with E-state index in [2.05, 4.69) is 18.2 Å². The molecule has 94 valence electrons. The summed E-state index contributed by atoms with van der Waals surface area (Å²) in [4.78, 5) is 0. The van der Waals surface area contributed by atoms with E-state index >= 15 is 0 Å².